The normalized spacial score (nSPS) is 15.2. The first kappa shape index (κ1) is 11.6. The third-order valence-electron chi connectivity index (χ3n) is 3.11. The molecule has 2 rings (SSSR count). The molecular weight excluding hydrogens is 216 g/mol. The molecule has 1 aromatic carbocycles. The third-order valence-corrected chi connectivity index (χ3v) is 4.09. The predicted octanol–water partition coefficient (Wildman–Crippen LogP) is 4.37. The van der Waals surface area contributed by atoms with E-state index in [4.69, 9.17) is 0 Å². The van der Waals surface area contributed by atoms with E-state index >= 15 is 0 Å². The van der Waals surface area contributed by atoms with Crippen molar-refractivity contribution in [2.24, 2.45) is 5.92 Å². The lowest BCUT2D eigenvalue weighted by Crippen LogP contribution is -2.08. The number of aliphatic hydroxyl groups is 1. The van der Waals surface area contributed by atoms with Gasteiger partial charge in [0.05, 0.1) is 6.10 Å². The van der Waals surface area contributed by atoms with Gasteiger partial charge in [-0.25, -0.2) is 0 Å². The first-order valence-electron chi connectivity index (χ1n) is 5.88. The van der Waals surface area contributed by atoms with Crippen molar-refractivity contribution >= 4 is 21.4 Å². The number of rotatable bonds is 4. The summed E-state index contributed by atoms with van der Waals surface area (Å²) < 4.78 is 1.23. The Morgan fingerprint density at radius 1 is 1.31 bits per heavy atom. The van der Waals surface area contributed by atoms with E-state index in [1.165, 1.54) is 10.1 Å². The Bertz CT molecular complexity index is 460. The highest BCUT2D eigenvalue weighted by Gasteiger charge is 2.18. The van der Waals surface area contributed by atoms with Gasteiger partial charge in [-0.15, -0.1) is 11.3 Å². The second-order valence-electron chi connectivity index (χ2n) is 4.40. The van der Waals surface area contributed by atoms with Crippen LogP contribution in [0.3, 0.4) is 0 Å². The summed E-state index contributed by atoms with van der Waals surface area (Å²) in [4.78, 5) is 0. The highest BCUT2D eigenvalue weighted by atomic mass is 32.1. The van der Waals surface area contributed by atoms with E-state index < -0.39 is 0 Å². The molecule has 2 atom stereocenters. The largest absolute Gasteiger partial charge is 0.388 e. The number of hydrogen-bond acceptors (Lipinski definition) is 2. The zero-order chi connectivity index (χ0) is 11.5. The van der Waals surface area contributed by atoms with Gasteiger partial charge < -0.3 is 5.11 Å². The fourth-order valence-corrected chi connectivity index (χ4v) is 3.12. The molecule has 0 saturated heterocycles. The molecule has 0 aliphatic heterocycles. The lowest BCUT2D eigenvalue weighted by Gasteiger charge is -2.19. The highest BCUT2D eigenvalue weighted by molar-refractivity contribution is 7.17. The fourth-order valence-electron chi connectivity index (χ4n) is 2.17. The molecule has 1 aromatic heterocycles. The minimum Gasteiger partial charge on any atom is -0.388 e. The zero-order valence-electron chi connectivity index (χ0n) is 9.81. The molecular formula is C14H18OS. The number of aliphatic hydroxyl groups excluding tert-OH is 1. The van der Waals surface area contributed by atoms with Gasteiger partial charge in [-0.3, -0.25) is 0 Å². The van der Waals surface area contributed by atoms with E-state index in [1.807, 2.05) is 6.07 Å². The molecule has 1 N–H and O–H groups in total. The van der Waals surface area contributed by atoms with E-state index in [0.717, 1.165) is 18.4 Å². The van der Waals surface area contributed by atoms with Gasteiger partial charge >= 0.3 is 0 Å². The van der Waals surface area contributed by atoms with Crippen LogP contribution in [0.2, 0.25) is 0 Å². The molecule has 0 aliphatic carbocycles. The smallest absolute Gasteiger partial charge is 0.0829 e. The van der Waals surface area contributed by atoms with Crippen LogP contribution in [-0.2, 0) is 0 Å². The van der Waals surface area contributed by atoms with Crippen molar-refractivity contribution in [2.45, 2.75) is 32.8 Å². The minimum absolute atomic E-state index is 0.331. The van der Waals surface area contributed by atoms with Crippen molar-refractivity contribution < 1.29 is 5.11 Å². The standard InChI is InChI=1S/C14H18OS/c1-3-5-10(2)13(15)12-7-4-6-11-8-9-16-14(11)12/h4,6-10,13,15H,3,5H2,1-2H3. The van der Waals surface area contributed by atoms with Gasteiger partial charge in [-0.05, 0) is 34.7 Å². The summed E-state index contributed by atoms with van der Waals surface area (Å²) in [5, 5.41) is 13.7. The van der Waals surface area contributed by atoms with Crippen molar-refractivity contribution in [1.82, 2.24) is 0 Å². The average Bonchev–Trinajstić information content (AvgIpc) is 2.76. The average molecular weight is 234 g/mol. The maximum absolute atomic E-state index is 10.3. The fraction of sp³-hybridized carbons (Fsp3) is 0.429. The Morgan fingerprint density at radius 2 is 2.12 bits per heavy atom. The number of hydrogen-bond donors (Lipinski definition) is 1. The van der Waals surface area contributed by atoms with Crippen LogP contribution in [0.1, 0.15) is 38.4 Å². The lowest BCUT2D eigenvalue weighted by molar-refractivity contribution is 0.114. The maximum Gasteiger partial charge on any atom is 0.0829 e. The first-order chi connectivity index (χ1) is 7.74. The second-order valence-corrected chi connectivity index (χ2v) is 5.31. The lowest BCUT2D eigenvalue weighted by atomic mass is 9.93. The maximum atomic E-state index is 10.3. The van der Waals surface area contributed by atoms with Crippen molar-refractivity contribution in [3.05, 3.63) is 35.2 Å². The van der Waals surface area contributed by atoms with E-state index in [1.54, 1.807) is 11.3 Å². The summed E-state index contributed by atoms with van der Waals surface area (Å²) >= 11 is 1.72. The van der Waals surface area contributed by atoms with Gasteiger partial charge in [0, 0.05) is 4.70 Å². The van der Waals surface area contributed by atoms with Crippen molar-refractivity contribution in [3.8, 4) is 0 Å². The third kappa shape index (κ3) is 2.13. The number of thiophene rings is 1. The summed E-state index contributed by atoms with van der Waals surface area (Å²) in [6.07, 6.45) is 1.86. The van der Waals surface area contributed by atoms with Crippen LogP contribution < -0.4 is 0 Å². The molecule has 2 unspecified atom stereocenters. The van der Waals surface area contributed by atoms with Crippen LogP contribution in [0.4, 0.5) is 0 Å². The molecule has 1 nitrogen and oxygen atoms in total. The van der Waals surface area contributed by atoms with Gasteiger partial charge in [0.1, 0.15) is 0 Å². The van der Waals surface area contributed by atoms with Gasteiger partial charge in [-0.1, -0.05) is 38.5 Å². The second kappa shape index (κ2) is 4.98. The van der Waals surface area contributed by atoms with Crippen LogP contribution in [-0.4, -0.2) is 5.11 Å². The SMILES string of the molecule is CCCC(C)C(O)c1cccc2ccsc12. The van der Waals surface area contributed by atoms with Crippen LogP contribution in [0.5, 0.6) is 0 Å². The molecule has 0 amide bonds. The Morgan fingerprint density at radius 3 is 2.88 bits per heavy atom. The van der Waals surface area contributed by atoms with E-state index in [2.05, 4.69) is 37.4 Å². The highest BCUT2D eigenvalue weighted by Crippen LogP contribution is 2.33. The van der Waals surface area contributed by atoms with Crippen molar-refractivity contribution in [3.63, 3.8) is 0 Å². The Kier molecular flexibility index (Phi) is 3.62. The van der Waals surface area contributed by atoms with Gasteiger partial charge in [0.15, 0.2) is 0 Å². The molecule has 0 radical (unpaired) electrons. The zero-order valence-corrected chi connectivity index (χ0v) is 10.6. The summed E-state index contributed by atoms with van der Waals surface area (Å²) in [6.45, 7) is 4.29. The van der Waals surface area contributed by atoms with Crippen molar-refractivity contribution in [2.75, 3.05) is 0 Å². The van der Waals surface area contributed by atoms with Crippen LogP contribution >= 0.6 is 11.3 Å². The molecule has 1 heterocycles. The van der Waals surface area contributed by atoms with Gasteiger partial charge in [0.25, 0.3) is 0 Å². The summed E-state index contributed by atoms with van der Waals surface area (Å²) in [7, 11) is 0. The van der Waals surface area contributed by atoms with Gasteiger partial charge in [-0.2, -0.15) is 0 Å². The van der Waals surface area contributed by atoms with Crippen LogP contribution in [0.15, 0.2) is 29.6 Å². The first-order valence-corrected chi connectivity index (χ1v) is 6.76. The Labute approximate surface area is 101 Å². The molecule has 0 saturated carbocycles. The molecule has 86 valence electrons. The molecule has 0 spiro atoms. The van der Waals surface area contributed by atoms with Gasteiger partial charge in [0.2, 0.25) is 0 Å². The minimum atomic E-state index is -0.331. The van der Waals surface area contributed by atoms with E-state index in [9.17, 15) is 5.11 Å². The topological polar surface area (TPSA) is 20.2 Å². The van der Waals surface area contributed by atoms with E-state index in [0.29, 0.717) is 5.92 Å². The number of benzene rings is 1. The van der Waals surface area contributed by atoms with Crippen molar-refractivity contribution in [1.29, 1.82) is 0 Å². The molecule has 0 fully saturated rings. The summed E-state index contributed by atoms with van der Waals surface area (Å²) in [5.74, 6) is 0.331. The Hall–Kier alpha value is -0.860. The molecule has 0 bridgehead atoms. The molecule has 2 heteroatoms. The van der Waals surface area contributed by atoms with E-state index in [-0.39, 0.29) is 6.10 Å². The quantitative estimate of drug-likeness (QED) is 0.832. The molecule has 0 aliphatic rings. The Balaban J connectivity index is 2.35. The van der Waals surface area contributed by atoms with Crippen LogP contribution in [0.25, 0.3) is 10.1 Å². The molecule has 2 aromatic rings. The summed E-state index contributed by atoms with van der Waals surface area (Å²) in [5.41, 5.74) is 1.09. The van der Waals surface area contributed by atoms with Crippen LogP contribution in [0, 0.1) is 5.92 Å². The number of fused-ring (bicyclic) bond motifs is 1. The monoisotopic (exact) mass is 234 g/mol. The predicted molar refractivity (Wildman–Crippen MR) is 70.9 cm³/mol. The molecule has 16 heavy (non-hydrogen) atoms. The summed E-state index contributed by atoms with van der Waals surface area (Å²) in [6, 6.07) is 8.30.